The van der Waals surface area contributed by atoms with Gasteiger partial charge in [0.1, 0.15) is 0 Å². The molecule has 2 fully saturated rings. The third-order valence-corrected chi connectivity index (χ3v) is 5.56. The summed E-state index contributed by atoms with van der Waals surface area (Å²) in [4.78, 5) is 14.9. The highest BCUT2D eigenvalue weighted by Gasteiger charge is 2.39. The van der Waals surface area contributed by atoms with Crippen LogP contribution in [0.15, 0.2) is 24.3 Å². The Hall–Kier alpha value is -1.39. The minimum Gasteiger partial charge on any atom is -0.363 e. The zero-order valence-electron chi connectivity index (χ0n) is 13.1. The lowest BCUT2D eigenvalue weighted by Gasteiger charge is -2.38. The molecule has 0 radical (unpaired) electrons. The monoisotopic (exact) mass is 300 g/mol. The summed E-state index contributed by atoms with van der Waals surface area (Å²) in [6.07, 6.45) is 5.15. The first-order valence-corrected chi connectivity index (χ1v) is 8.44. The van der Waals surface area contributed by atoms with Gasteiger partial charge < -0.3 is 15.0 Å². The van der Waals surface area contributed by atoms with E-state index in [-0.39, 0.29) is 5.91 Å². The van der Waals surface area contributed by atoms with Gasteiger partial charge in [0.2, 0.25) is 0 Å². The lowest BCUT2D eigenvalue weighted by Crippen LogP contribution is -2.50. The molecule has 0 saturated carbocycles. The molecule has 22 heavy (non-hydrogen) atoms. The van der Waals surface area contributed by atoms with Crippen LogP contribution in [0.5, 0.6) is 0 Å². The molecule has 4 rings (SSSR count). The summed E-state index contributed by atoms with van der Waals surface area (Å²) in [5, 5.41) is 3.64. The summed E-state index contributed by atoms with van der Waals surface area (Å²) in [6.45, 7) is 0.638. The van der Waals surface area contributed by atoms with E-state index >= 15 is 0 Å². The van der Waals surface area contributed by atoms with Crippen LogP contribution in [-0.4, -0.2) is 42.6 Å². The van der Waals surface area contributed by atoms with E-state index in [1.165, 1.54) is 18.4 Å². The zero-order chi connectivity index (χ0) is 15.1. The molecule has 0 aromatic heterocycles. The molecule has 1 N–H and O–H groups in total. The van der Waals surface area contributed by atoms with E-state index in [4.69, 9.17) is 4.74 Å². The number of likely N-dealkylation sites (N-methyl/N-ethyl adjacent to an activating group) is 1. The molecule has 4 nitrogen and oxygen atoms in total. The molecule has 1 aromatic carbocycles. The van der Waals surface area contributed by atoms with E-state index in [0.29, 0.717) is 24.7 Å². The smallest absolute Gasteiger partial charge is 0.256 e. The predicted octanol–water partition coefficient (Wildman–Crippen LogP) is 2.04. The summed E-state index contributed by atoms with van der Waals surface area (Å²) in [5.74, 6) is 0.124. The van der Waals surface area contributed by atoms with Crippen molar-refractivity contribution < 1.29 is 9.53 Å². The lowest BCUT2D eigenvalue weighted by atomic mass is 9.94. The standard InChI is InChI=1S/C18H24N2O2/c1-20(15-10-13-6-7-14(11-15)19-13)18(21)17-16-5-3-2-4-12(16)8-9-22-17/h2-5,13-15,17,19H,6-11H2,1H3. The first-order chi connectivity index (χ1) is 10.7. The molecule has 1 amide bonds. The fraction of sp³-hybridized carbons (Fsp3) is 0.611. The number of hydrogen-bond donors (Lipinski definition) is 1. The van der Waals surface area contributed by atoms with Gasteiger partial charge in [0.25, 0.3) is 5.91 Å². The van der Waals surface area contributed by atoms with Crippen LogP contribution in [0, 0.1) is 0 Å². The molecule has 0 aliphatic carbocycles. The van der Waals surface area contributed by atoms with Crippen molar-refractivity contribution in [3.05, 3.63) is 35.4 Å². The van der Waals surface area contributed by atoms with Crippen LogP contribution in [0.4, 0.5) is 0 Å². The van der Waals surface area contributed by atoms with Crippen molar-refractivity contribution in [1.29, 1.82) is 0 Å². The van der Waals surface area contributed by atoms with Gasteiger partial charge in [-0.2, -0.15) is 0 Å². The van der Waals surface area contributed by atoms with E-state index in [2.05, 4.69) is 11.4 Å². The van der Waals surface area contributed by atoms with Gasteiger partial charge in [-0.15, -0.1) is 0 Å². The van der Waals surface area contributed by atoms with E-state index in [9.17, 15) is 4.79 Å². The highest BCUT2D eigenvalue weighted by atomic mass is 16.5. The van der Waals surface area contributed by atoms with E-state index in [1.54, 1.807) is 0 Å². The van der Waals surface area contributed by atoms with E-state index in [1.807, 2.05) is 30.1 Å². The van der Waals surface area contributed by atoms with Crippen molar-refractivity contribution >= 4 is 5.91 Å². The molecular formula is C18H24N2O2. The number of fused-ring (bicyclic) bond motifs is 3. The number of carbonyl (C=O) groups excluding carboxylic acids is 1. The Morgan fingerprint density at radius 2 is 1.95 bits per heavy atom. The first kappa shape index (κ1) is 14.2. The Kier molecular flexibility index (Phi) is 3.66. The van der Waals surface area contributed by atoms with Gasteiger partial charge in [-0.05, 0) is 43.2 Å². The molecule has 4 heteroatoms. The maximum Gasteiger partial charge on any atom is 0.256 e. The number of benzene rings is 1. The van der Waals surface area contributed by atoms with E-state index in [0.717, 1.165) is 24.8 Å². The lowest BCUT2D eigenvalue weighted by molar-refractivity contribution is -0.146. The van der Waals surface area contributed by atoms with Crippen LogP contribution in [0.1, 0.15) is 42.9 Å². The number of amides is 1. The molecule has 3 aliphatic heterocycles. The number of ether oxygens (including phenoxy) is 1. The summed E-state index contributed by atoms with van der Waals surface area (Å²) in [5.41, 5.74) is 2.31. The second kappa shape index (κ2) is 5.67. The fourth-order valence-corrected chi connectivity index (χ4v) is 4.31. The molecule has 2 bridgehead atoms. The zero-order valence-corrected chi connectivity index (χ0v) is 13.1. The minimum atomic E-state index is -0.414. The van der Waals surface area contributed by atoms with Crippen LogP contribution in [-0.2, 0) is 16.0 Å². The van der Waals surface area contributed by atoms with Crippen molar-refractivity contribution in [1.82, 2.24) is 10.2 Å². The molecular weight excluding hydrogens is 276 g/mol. The fourth-order valence-electron chi connectivity index (χ4n) is 4.31. The number of rotatable bonds is 2. The summed E-state index contributed by atoms with van der Waals surface area (Å²) in [7, 11) is 1.96. The van der Waals surface area contributed by atoms with Gasteiger partial charge in [0, 0.05) is 25.2 Å². The molecule has 3 atom stereocenters. The molecule has 3 heterocycles. The van der Waals surface area contributed by atoms with Crippen molar-refractivity contribution in [2.24, 2.45) is 0 Å². The average Bonchev–Trinajstić information content (AvgIpc) is 2.91. The Labute approximate surface area is 131 Å². The summed E-state index contributed by atoms with van der Waals surface area (Å²) >= 11 is 0. The normalized spacial score (nSPS) is 33.3. The summed E-state index contributed by atoms with van der Waals surface area (Å²) in [6, 6.07) is 9.74. The van der Waals surface area contributed by atoms with Crippen molar-refractivity contribution in [3.8, 4) is 0 Å². The van der Waals surface area contributed by atoms with Crippen LogP contribution in [0.2, 0.25) is 0 Å². The van der Waals surface area contributed by atoms with Gasteiger partial charge in [0.15, 0.2) is 6.10 Å². The number of carbonyl (C=O) groups is 1. The van der Waals surface area contributed by atoms with Gasteiger partial charge in [-0.25, -0.2) is 0 Å². The van der Waals surface area contributed by atoms with Gasteiger partial charge in [0.05, 0.1) is 6.61 Å². The van der Waals surface area contributed by atoms with Crippen molar-refractivity contribution in [3.63, 3.8) is 0 Å². The van der Waals surface area contributed by atoms with E-state index < -0.39 is 6.10 Å². The largest absolute Gasteiger partial charge is 0.363 e. The van der Waals surface area contributed by atoms with Gasteiger partial charge >= 0.3 is 0 Å². The van der Waals surface area contributed by atoms with Crippen LogP contribution >= 0.6 is 0 Å². The third-order valence-electron chi connectivity index (χ3n) is 5.56. The quantitative estimate of drug-likeness (QED) is 0.909. The summed E-state index contributed by atoms with van der Waals surface area (Å²) < 4.78 is 5.84. The maximum absolute atomic E-state index is 13.0. The third kappa shape index (κ3) is 2.44. The molecule has 0 spiro atoms. The Morgan fingerprint density at radius 1 is 1.23 bits per heavy atom. The Morgan fingerprint density at radius 3 is 2.73 bits per heavy atom. The van der Waals surface area contributed by atoms with Crippen molar-refractivity contribution in [2.45, 2.75) is 56.3 Å². The highest BCUT2D eigenvalue weighted by molar-refractivity contribution is 5.83. The maximum atomic E-state index is 13.0. The van der Waals surface area contributed by atoms with Crippen LogP contribution in [0.25, 0.3) is 0 Å². The second-order valence-electron chi connectivity index (χ2n) is 6.91. The highest BCUT2D eigenvalue weighted by Crippen LogP contribution is 2.33. The number of piperidine rings is 1. The van der Waals surface area contributed by atoms with Crippen LogP contribution in [0.3, 0.4) is 0 Å². The first-order valence-electron chi connectivity index (χ1n) is 8.44. The topological polar surface area (TPSA) is 41.6 Å². The predicted molar refractivity (Wildman–Crippen MR) is 84.6 cm³/mol. The van der Waals surface area contributed by atoms with Crippen LogP contribution < -0.4 is 5.32 Å². The molecule has 1 aromatic rings. The number of nitrogens with one attached hydrogen (secondary N) is 1. The Bertz CT molecular complexity index is 562. The molecule has 2 saturated heterocycles. The molecule has 3 aliphatic rings. The Balaban J connectivity index is 1.52. The minimum absolute atomic E-state index is 0.124. The average molecular weight is 300 g/mol. The second-order valence-corrected chi connectivity index (χ2v) is 6.91. The molecule has 3 unspecified atom stereocenters. The number of nitrogens with zero attached hydrogens (tertiary/aromatic N) is 1. The van der Waals surface area contributed by atoms with Gasteiger partial charge in [-0.3, -0.25) is 4.79 Å². The SMILES string of the molecule is CN(C(=O)C1OCCc2ccccc21)C1CC2CCC(C1)N2. The van der Waals surface area contributed by atoms with Gasteiger partial charge in [-0.1, -0.05) is 24.3 Å². The number of hydrogen-bond acceptors (Lipinski definition) is 3. The molecule has 118 valence electrons. The van der Waals surface area contributed by atoms with Crippen molar-refractivity contribution in [2.75, 3.05) is 13.7 Å².